The van der Waals surface area contributed by atoms with E-state index in [2.05, 4.69) is 0 Å². The third kappa shape index (κ3) is 4.35. The maximum absolute atomic E-state index is 11.7. The van der Waals surface area contributed by atoms with Crippen molar-refractivity contribution in [3.8, 4) is 11.5 Å². The van der Waals surface area contributed by atoms with Gasteiger partial charge < -0.3 is 13.9 Å². The summed E-state index contributed by atoms with van der Waals surface area (Å²) >= 11 is 0. The van der Waals surface area contributed by atoms with Crippen molar-refractivity contribution in [2.45, 2.75) is 6.92 Å². The van der Waals surface area contributed by atoms with E-state index in [4.69, 9.17) is 13.9 Å². The summed E-state index contributed by atoms with van der Waals surface area (Å²) in [5.74, 6) is 0.703. The summed E-state index contributed by atoms with van der Waals surface area (Å²) in [7, 11) is 1.58. The number of methoxy groups -OCH3 is 1. The van der Waals surface area contributed by atoms with Crippen LogP contribution in [0.15, 0.2) is 51.7 Å². The van der Waals surface area contributed by atoms with Gasteiger partial charge in [0, 0.05) is 12.1 Å². The first-order valence-corrected chi connectivity index (χ1v) is 6.22. The summed E-state index contributed by atoms with van der Waals surface area (Å²) < 4.78 is 14.8. The molecule has 1 aromatic carbocycles. The molecule has 21 heavy (non-hydrogen) atoms. The molecule has 2 aromatic rings. The highest BCUT2D eigenvalue weighted by atomic mass is 16.5. The number of carbonyl (C=O) groups excluding carboxylic acids is 1. The first-order valence-electron chi connectivity index (χ1n) is 6.22. The molecule has 2 rings (SSSR count). The molecule has 0 saturated heterocycles. The van der Waals surface area contributed by atoms with Gasteiger partial charge in [0.15, 0.2) is 0 Å². The number of hydrogen-bond donors (Lipinski definition) is 0. The summed E-state index contributed by atoms with van der Waals surface area (Å²) in [6, 6.07) is 9.79. The Morgan fingerprint density at radius 3 is 2.48 bits per heavy atom. The zero-order valence-electron chi connectivity index (χ0n) is 11.7. The second-order valence-electron chi connectivity index (χ2n) is 4.25. The lowest BCUT2D eigenvalue weighted by atomic mass is 10.2. The van der Waals surface area contributed by atoms with Crippen molar-refractivity contribution in [3.05, 3.63) is 64.2 Å². The number of rotatable bonds is 4. The van der Waals surface area contributed by atoms with Gasteiger partial charge in [-0.05, 0) is 30.7 Å². The average molecular weight is 286 g/mol. The highest BCUT2D eigenvalue weighted by Crippen LogP contribution is 2.13. The van der Waals surface area contributed by atoms with Crippen LogP contribution in [0.2, 0.25) is 0 Å². The van der Waals surface area contributed by atoms with E-state index in [1.165, 1.54) is 12.1 Å². The van der Waals surface area contributed by atoms with Crippen molar-refractivity contribution in [2.24, 2.45) is 0 Å². The molecular weight excluding hydrogens is 272 g/mol. The predicted octanol–water partition coefficient (Wildman–Crippen LogP) is 2.58. The SMILES string of the molecule is COc1ccc(/C=C/C(=O)Oc2cc(C)oc(=O)c2)cc1. The van der Waals surface area contributed by atoms with E-state index in [1.807, 2.05) is 12.1 Å². The molecule has 5 heteroatoms. The van der Waals surface area contributed by atoms with Crippen LogP contribution in [0, 0.1) is 6.92 Å². The molecule has 0 unspecified atom stereocenters. The Labute approximate surface area is 121 Å². The molecule has 0 atom stereocenters. The number of carbonyl (C=O) groups is 1. The molecule has 0 amide bonds. The Morgan fingerprint density at radius 2 is 1.86 bits per heavy atom. The Hall–Kier alpha value is -2.82. The molecule has 108 valence electrons. The molecule has 1 heterocycles. The van der Waals surface area contributed by atoms with Crippen LogP contribution in [-0.4, -0.2) is 13.1 Å². The van der Waals surface area contributed by atoms with Crippen LogP contribution >= 0.6 is 0 Å². The maximum Gasteiger partial charge on any atom is 0.339 e. The fourth-order valence-corrected chi connectivity index (χ4v) is 1.66. The van der Waals surface area contributed by atoms with Crippen molar-refractivity contribution in [3.63, 3.8) is 0 Å². The first kappa shape index (κ1) is 14.6. The minimum absolute atomic E-state index is 0.160. The molecule has 0 aliphatic heterocycles. The number of aryl methyl sites for hydroxylation is 1. The molecule has 0 spiro atoms. The standard InChI is InChI=1S/C16H14O5/c1-11-9-14(10-16(18)20-11)21-15(17)8-5-12-3-6-13(19-2)7-4-12/h3-10H,1-2H3/b8-5+. The van der Waals surface area contributed by atoms with Crippen LogP contribution in [0.4, 0.5) is 0 Å². The fraction of sp³-hybridized carbons (Fsp3) is 0.125. The minimum atomic E-state index is -0.573. The second-order valence-corrected chi connectivity index (χ2v) is 4.25. The molecule has 0 aliphatic rings. The summed E-state index contributed by atoms with van der Waals surface area (Å²) in [5.41, 5.74) is 0.272. The number of hydrogen-bond acceptors (Lipinski definition) is 5. The van der Waals surface area contributed by atoms with E-state index in [0.717, 1.165) is 17.4 Å². The normalized spacial score (nSPS) is 10.6. The summed E-state index contributed by atoms with van der Waals surface area (Å²) in [4.78, 5) is 22.8. The predicted molar refractivity (Wildman–Crippen MR) is 77.4 cm³/mol. The van der Waals surface area contributed by atoms with E-state index in [9.17, 15) is 9.59 Å². The molecule has 1 aromatic heterocycles. The molecule has 0 bridgehead atoms. The highest BCUT2D eigenvalue weighted by Gasteiger charge is 2.03. The number of benzene rings is 1. The van der Waals surface area contributed by atoms with E-state index < -0.39 is 11.6 Å². The molecule has 0 aliphatic carbocycles. The van der Waals surface area contributed by atoms with Gasteiger partial charge >= 0.3 is 11.6 Å². The van der Waals surface area contributed by atoms with Crippen LogP contribution in [-0.2, 0) is 4.79 Å². The Morgan fingerprint density at radius 1 is 1.14 bits per heavy atom. The summed E-state index contributed by atoms with van der Waals surface area (Å²) in [6.07, 6.45) is 2.89. The van der Waals surface area contributed by atoms with E-state index >= 15 is 0 Å². The lowest BCUT2D eigenvalue weighted by Gasteiger charge is -2.01. The van der Waals surface area contributed by atoms with Crippen molar-refractivity contribution in [2.75, 3.05) is 7.11 Å². The highest BCUT2D eigenvalue weighted by molar-refractivity contribution is 5.88. The maximum atomic E-state index is 11.7. The largest absolute Gasteiger partial charge is 0.497 e. The minimum Gasteiger partial charge on any atom is -0.497 e. The smallest absolute Gasteiger partial charge is 0.339 e. The third-order valence-electron chi connectivity index (χ3n) is 2.61. The Kier molecular flexibility index (Phi) is 4.56. The first-order chi connectivity index (χ1) is 10.1. The molecule has 5 nitrogen and oxygen atoms in total. The molecule has 0 fully saturated rings. The van der Waals surface area contributed by atoms with E-state index in [-0.39, 0.29) is 5.75 Å². The van der Waals surface area contributed by atoms with Gasteiger partial charge in [-0.1, -0.05) is 12.1 Å². The monoisotopic (exact) mass is 286 g/mol. The Bertz CT molecular complexity index is 710. The van der Waals surface area contributed by atoms with E-state index in [0.29, 0.717) is 5.76 Å². The average Bonchev–Trinajstić information content (AvgIpc) is 2.44. The van der Waals surface area contributed by atoms with Crippen molar-refractivity contribution >= 4 is 12.0 Å². The van der Waals surface area contributed by atoms with Crippen LogP contribution in [0.3, 0.4) is 0 Å². The summed E-state index contributed by atoms with van der Waals surface area (Å²) in [6.45, 7) is 1.60. The van der Waals surface area contributed by atoms with Gasteiger partial charge in [-0.25, -0.2) is 9.59 Å². The van der Waals surface area contributed by atoms with Gasteiger partial charge in [-0.15, -0.1) is 0 Å². The van der Waals surface area contributed by atoms with Crippen molar-refractivity contribution < 1.29 is 18.7 Å². The van der Waals surface area contributed by atoms with Crippen LogP contribution in [0.1, 0.15) is 11.3 Å². The zero-order chi connectivity index (χ0) is 15.2. The lowest BCUT2D eigenvalue weighted by molar-refractivity contribution is -0.128. The fourth-order valence-electron chi connectivity index (χ4n) is 1.66. The van der Waals surface area contributed by atoms with Gasteiger partial charge in [0.1, 0.15) is 17.3 Å². The van der Waals surface area contributed by atoms with Gasteiger partial charge in [0.25, 0.3) is 0 Å². The van der Waals surface area contributed by atoms with Crippen LogP contribution < -0.4 is 15.1 Å². The summed E-state index contributed by atoms with van der Waals surface area (Å²) in [5, 5.41) is 0. The molecule has 0 radical (unpaired) electrons. The molecule has 0 saturated carbocycles. The third-order valence-corrected chi connectivity index (χ3v) is 2.61. The van der Waals surface area contributed by atoms with Gasteiger partial charge in [-0.2, -0.15) is 0 Å². The van der Waals surface area contributed by atoms with Gasteiger partial charge in [0.05, 0.1) is 13.2 Å². The zero-order valence-corrected chi connectivity index (χ0v) is 11.7. The second kappa shape index (κ2) is 6.56. The number of ether oxygens (including phenoxy) is 2. The van der Waals surface area contributed by atoms with E-state index in [1.54, 1.807) is 32.2 Å². The molecule has 0 N–H and O–H groups in total. The van der Waals surface area contributed by atoms with Crippen molar-refractivity contribution in [1.82, 2.24) is 0 Å². The van der Waals surface area contributed by atoms with Gasteiger partial charge in [-0.3, -0.25) is 0 Å². The topological polar surface area (TPSA) is 65.7 Å². The van der Waals surface area contributed by atoms with Gasteiger partial charge in [0.2, 0.25) is 0 Å². The quantitative estimate of drug-likeness (QED) is 0.638. The number of esters is 1. The molecular formula is C16H14O5. The van der Waals surface area contributed by atoms with Crippen molar-refractivity contribution in [1.29, 1.82) is 0 Å². The Balaban J connectivity index is 2.03. The van der Waals surface area contributed by atoms with Crippen LogP contribution in [0.5, 0.6) is 11.5 Å². The van der Waals surface area contributed by atoms with Crippen LogP contribution in [0.25, 0.3) is 6.08 Å². The lowest BCUT2D eigenvalue weighted by Crippen LogP contribution is -2.07.